The predicted molar refractivity (Wildman–Crippen MR) is 72.1 cm³/mol. The van der Waals surface area contributed by atoms with Crippen molar-refractivity contribution >= 4 is 17.4 Å². The second-order valence-electron chi connectivity index (χ2n) is 4.52. The molecule has 0 saturated heterocycles. The molecule has 0 radical (unpaired) electrons. The van der Waals surface area contributed by atoms with Crippen LogP contribution >= 0.6 is 11.8 Å². The van der Waals surface area contributed by atoms with E-state index < -0.39 is 0 Å². The largest absolute Gasteiger partial charge is 0.384 e. The summed E-state index contributed by atoms with van der Waals surface area (Å²) in [6, 6.07) is 8.67. The highest BCUT2D eigenvalue weighted by molar-refractivity contribution is 7.99. The van der Waals surface area contributed by atoms with E-state index in [9.17, 15) is 0 Å². The molecule has 1 aromatic carbocycles. The molecule has 1 fully saturated rings. The Labute approximate surface area is 102 Å². The number of hydrogen-bond donors (Lipinski definition) is 2. The lowest BCUT2D eigenvalue weighted by atomic mass is 10.1. The van der Waals surface area contributed by atoms with Gasteiger partial charge >= 0.3 is 0 Å². The van der Waals surface area contributed by atoms with Gasteiger partial charge in [0, 0.05) is 17.1 Å². The van der Waals surface area contributed by atoms with Gasteiger partial charge in [-0.05, 0) is 54.8 Å². The van der Waals surface area contributed by atoms with Crippen LogP contribution in [0.2, 0.25) is 0 Å². The fourth-order valence-corrected chi connectivity index (χ4v) is 2.42. The molecule has 3 heteroatoms. The average Bonchev–Trinajstić information content (AvgIpc) is 3.09. The Morgan fingerprint density at radius 1 is 1.31 bits per heavy atom. The Morgan fingerprint density at radius 2 is 2.00 bits per heavy atom. The van der Waals surface area contributed by atoms with Gasteiger partial charge in [-0.2, -0.15) is 0 Å². The molecule has 88 valence electrons. The van der Waals surface area contributed by atoms with Crippen molar-refractivity contribution in [1.29, 1.82) is 0 Å². The molecular formula is C13H20N2S. The molecule has 0 spiro atoms. The number of benzene rings is 1. The van der Waals surface area contributed by atoms with Crippen molar-refractivity contribution in [3.05, 3.63) is 24.3 Å². The summed E-state index contributed by atoms with van der Waals surface area (Å²) < 4.78 is 0. The van der Waals surface area contributed by atoms with Gasteiger partial charge in [0.2, 0.25) is 0 Å². The zero-order valence-electron chi connectivity index (χ0n) is 9.83. The molecule has 0 heterocycles. The predicted octanol–water partition coefficient (Wildman–Crippen LogP) is 2.95. The van der Waals surface area contributed by atoms with E-state index in [0.29, 0.717) is 5.41 Å². The van der Waals surface area contributed by atoms with Crippen molar-refractivity contribution in [3.8, 4) is 0 Å². The van der Waals surface area contributed by atoms with Gasteiger partial charge in [-0.3, -0.25) is 0 Å². The van der Waals surface area contributed by atoms with Crippen molar-refractivity contribution in [2.45, 2.75) is 24.7 Å². The summed E-state index contributed by atoms with van der Waals surface area (Å²) in [6.07, 6.45) is 2.56. The Hall–Kier alpha value is -0.670. The summed E-state index contributed by atoms with van der Waals surface area (Å²) in [5.41, 5.74) is 7.36. The van der Waals surface area contributed by atoms with Gasteiger partial charge in [0.1, 0.15) is 0 Å². The topological polar surface area (TPSA) is 38.0 Å². The second kappa shape index (κ2) is 5.11. The molecule has 1 aliphatic rings. The maximum absolute atomic E-state index is 5.75. The average molecular weight is 236 g/mol. The van der Waals surface area contributed by atoms with Crippen LogP contribution in [0.1, 0.15) is 19.8 Å². The highest BCUT2D eigenvalue weighted by atomic mass is 32.2. The van der Waals surface area contributed by atoms with Crippen molar-refractivity contribution < 1.29 is 0 Å². The van der Waals surface area contributed by atoms with E-state index in [4.69, 9.17) is 5.73 Å². The van der Waals surface area contributed by atoms with Crippen LogP contribution in [0.15, 0.2) is 29.2 Å². The molecule has 0 amide bonds. The number of anilines is 1. The molecule has 0 unspecified atom stereocenters. The van der Waals surface area contributed by atoms with Crippen LogP contribution < -0.4 is 11.1 Å². The molecule has 0 bridgehead atoms. The van der Waals surface area contributed by atoms with E-state index >= 15 is 0 Å². The highest BCUT2D eigenvalue weighted by Crippen LogP contribution is 2.44. The van der Waals surface area contributed by atoms with Crippen LogP contribution in [0, 0.1) is 5.41 Å². The first kappa shape index (κ1) is 11.8. The quantitative estimate of drug-likeness (QED) is 0.746. The van der Waals surface area contributed by atoms with Gasteiger partial charge in [-0.1, -0.05) is 6.92 Å². The summed E-state index contributed by atoms with van der Waals surface area (Å²) in [4.78, 5) is 1.34. The number of rotatable bonds is 6. The van der Waals surface area contributed by atoms with Crippen molar-refractivity contribution in [2.24, 2.45) is 11.1 Å². The van der Waals surface area contributed by atoms with Crippen LogP contribution in [0.4, 0.5) is 5.69 Å². The third kappa shape index (κ3) is 2.92. The van der Waals surface area contributed by atoms with Gasteiger partial charge in [0.15, 0.2) is 0 Å². The van der Waals surface area contributed by atoms with Crippen LogP contribution in [-0.4, -0.2) is 18.8 Å². The molecule has 2 rings (SSSR count). The number of nitrogens with one attached hydrogen (secondary N) is 1. The molecule has 0 aliphatic heterocycles. The summed E-state index contributed by atoms with van der Waals surface area (Å²) >= 11 is 1.88. The molecule has 16 heavy (non-hydrogen) atoms. The molecular weight excluding hydrogens is 216 g/mol. The minimum Gasteiger partial charge on any atom is -0.384 e. The fourth-order valence-electron chi connectivity index (χ4n) is 1.76. The van der Waals surface area contributed by atoms with Gasteiger partial charge in [-0.25, -0.2) is 0 Å². The SMILES string of the molecule is CCSc1ccc(NCC2(CN)CC2)cc1. The first-order chi connectivity index (χ1) is 7.78. The molecule has 0 aromatic heterocycles. The maximum atomic E-state index is 5.75. The summed E-state index contributed by atoms with van der Waals surface area (Å²) in [5.74, 6) is 1.13. The van der Waals surface area contributed by atoms with Crippen molar-refractivity contribution in [3.63, 3.8) is 0 Å². The third-order valence-electron chi connectivity index (χ3n) is 3.22. The normalized spacial score (nSPS) is 17.1. The van der Waals surface area contributed by atoms with Crippen LogP contribution in [0.5, 0.6) is 0 Å². The lowest BCUT2D eigenvalue weighted by Gasteiger charge is -2.14. The van der Waals surface area contributed by atoms with E-state index in [1.807, 2.05) is 11.8 Å². The van der Waals surface area contributed by atoms with Crippen LogP contribution in [0.25, 0.3) is 0 Å². The van der Waals surface area contributed by atoms with E-state index in [2.05, 4.69) is 36.5 Å². The molecule has 2 nitrogen and oxygen atoms in total. The van der Waals surface area contributed by atoms with Crippen LogP contribution in [-0.2, 0) is 0 Å². The van der Waals surface area contributed by atoms with Gasteiger partial charge < -0.3 is 11.1 Å². The molecule has 0 atom stereocenters. The lowest BCUT2D eigenvalue weighted by molar-refractivity contribution is 0.556. The van der Waals surface area contributed by atoms with E-state index in [-0.39, 0.29) is 0 Å². The minimum absolute atomic E-state index is 0.400. The molecule has 3 N–H and O–H groups in total. The Morgan fingerprint density at radius 3 is 2.50 bits per heavy atom. The number of nitrogens with two attached hydrogens (primary N) is 1. The summed E-state index contributed by atoms with van der Waals surface area (Å²) in [6.45, 7) is 4.00. The molecule has 1 aromatic rings. The van der Waals surface area contributed by atoms with Gasteiger partial charge in [-0.15, -0.1) is 11.8 Å². The standard InChI is InChI=1S/C13H20N2S/c1-2-16-12-5-3-11(4-6-12)15-10-13(9-14)7-8-13/h3-6,15H,2,7-10,14H2,1H3. The zero-order valence-corrected chi connectivity index (χ0v) is 10.6. The smallest absolute Gasteiger partial charge is 0.0341 e. The van der Waals surface area contributed by atoms with Gasteiger partial charge in [0.05, 0.1) is 0 Å². The summed E-state index contributed by atoms with van der Waals surface area (Å²) in [7, 11) is 0. The highest BCUT2D eigenvalue weighted by Gasteiger charge is 2.40. The maximum Gasteiger partial charge on any atom is 0.0341 e. The fraction of sp³-hybridized carbons (Fsp3) is 0.538. The van der Waals surface area contributed by atoms with E-state index in [1.54, 1.807) is 0 Å². The van der Waals surface area contributed by atoms with Crippen molar-refractivity contribution in [1.82, 2.24) is 0 Å². The second-order valence-corrected chi connectivity index (χ2v) is 5.85. The first-order valence-corrected chi connectivity index (χ1v) is 6.93. The first-order valence-electron chi connectivity index (χ1n) is 5.95. The van der Waals surface area contributed by atoms with Crippen LogP contribution in [0.3, 0.4) is 0 Å². The Bertz CT molecular complexity index is 330. The number of hydrogen-bond acceptors (Lipinski definition) is 3. The lowest BCUT2D eigenvalue weighted by Crippen LogP contribution is -2.24. The van der Waals surface area contributed by atoms with E-state index in [0.717, 1.165) is 18.8 Å². The number of thioether (sulfide) groups is 1. The zero-order chi connectivity index (χ0) is 11.4. The summed E-state index contributed by atoms with van der Waals surface area (Å²) in [5, 5.41) is 3.48. The van der Waals surface area contributed by atoms with E-state index in [1.165, 1.54) is 23.4 Å². The Kier molecular flexibility index (Phi) is 3.77. The molecule has 1 aliphatic carbocycles. The van der Waals surface area contributed by atoms with Gasteiger partial charge in [0.25, 0.3) is 0 Å². The Balaban J connectivity index is 1.85. The molecule has 1 saturated carbocycles. The minimum atomic E-state index is 0.400. The monoisotopic (exact) mass is 236 g/mol. The third-order valence-corrected chi connectivity index (χ3v) is 4.12. The van der Waals surface area contributed by atoms with Crippen molar-refractivity contribution in [2.75, 3.05) is 24.2 Å².